The van der Waals surface area contributed by atoms with E-state index in [-0.39, 0.29) is 18.0 Å². The number of carbonyl (C=O) groups excluding carboxylic acids is 1. The summed E-state index contributed by atoms with van der Waals surface area (Å²) in [6.45, 7) is 7.26. The fourth-order valence-corrected chi connectivity index (χ4v) is 2.19. The monoisotopic (exact) mass is 308 g/mol. The van der Waals surface area contributed by atoms with Gasteiger partial charge in [0.05, 0.1) is 5.41 Å². The van der Waals surface area contributed by atoms with Crippen LogP contribution in [0, 0.1) is 12.3 Å². The van der Waals surface area contributed by atoms with Crippen LogP contribution in [0.25, 0.3) is 0 Å². The summed E-state index contributed by atoms with van der Waals surface area (Å²) in [5, 5.41) is 11.7. The molecule has 1 atom stereocenters. The molecule has 1 heterocycles. The van der Waals surface area contributed by atoms with Crippen LogP contribution in [0.2, 0.25) is 0 Å². The number of nitrogens with one attached hydrogen (secondary N) is 1. The van der Waals surface area contributed by atoms with Gasteiger partial charge in [-0.2, -0.15) is 0 Å². The third-order valence-corrected chi connectivity index (χ3v) is 3.62. The van der Waals surface area contributed by atoms with Crippen LogP contribution in [0.1, 0.15) is 39.3 Å². The highest BCUT2D eigenvalue weighted by atomic mass is 16.4. The summed E-state index contributed by atoms with van der Waals surface area (Å²) in [4.78, 5) is 35.5. The number of hydrogen-bond acceptors (Lipinski definition) is 3. The lowest BCUT2D eigenvalue weighted by atomic mass is 9.91. The number of amides is 1. The lowest BCUT2D eigenvalue weighted by molar-refractivity contribution is -0.143. The molecular formula is C16H24N2O4. The minimum atomic E-state index is -1.04. The van der Waals surface area contributed by atoms with Crippen LogP contribution in [0.5, 0.6) is 0 Å². The van der Waals surface area contributed by atoms with Crippen molar-refractivity contribution < 1.29 is 14.7 Å². The number of carbonyl (C=O) groups is 2. The van der Waals surface area contributed by atoms with Gasteiger partial charge in [-0.05, 0) is 33.3 Å². The maximum absolute atomic E-state index is 12.4. The highest BCUT2D eigenvalue weighted by Gasteiger charge is 2.32. The summed E-state index contributed by atoms with van der Waals surface area (Å²) in [5.41, 5.74) is -0.307. The summed E-state index contributed by atoms with van der Waals surface area (Å²) >= 11 is 0. The first-order valence-electron chi connectivity index (χ1n) is 7.39. The number of carboxylic acids is 1. The SMILES string of the molecule is CCCC(NC(=O)C(C)(C)Cn1c(C)cccc1=O)C(=O)O. The highest BCUT2D eigenvalue weighted by Crippen LogP contribution is 2.19. The zero-order chi connectivity index (χ0) is 16.9. The van der Waals surface area contributed by atoms with E-state index in [4.69, 9.17) is 5.11 Å². The molecule has 1 aromatic rings. The van der Waals surface area contributed by atoms with E-state index in [1.807, 2.05) is 6.92 Å². The van der Waals surface area contributed by atoms with Gasteiger partial charge in [-0.25, -0.2) is 4.79 Å². The van der Waals surface area contributed by atoms with Crippen molar-refractivity contribution in [3.8, 4) is 0 Å². The van der Waals surface area contributed by atoms with Gasteiger partial charge in [0.1, 0.15) is 6.04 Å². The molecule has 0 aromatic carbocycles. The first kappa shape index (κ1) is 17.9. The van der Waals surface area contributed by atoms with Crippen LogP contribution in [0.3, 0.4) is 0 Å². The van der Waals surface area contributed by atoms with Crippen LogP contribution in [-0.2, 0) is 16.1 Å². The lowest BCUT2D eigenvalue weighted by Crippen LogP contribution is -2.48. The fourth-order valence-electron chi connectivity index (χ4n) is 2.19. The Labute approximate surface area is 130 Å². The number of hydrogen-bond donors (Lipinski definition) is 2. The van der Waals surface area contributed by atoms with E-state index in [0.717, 1.165) is 5.69 Å². The quantitative estimate of drug-likeness (QED) is 0.800. The van der Waals surface area contributed by atoms with Gasteiger partial charge in [-0.15, -0.1) is 0 Å². The Morgan fingerprint density at radius 1 is 1.36 bits per heavy atom. The Kier molecular flexibility index (Phi) is 5.91. The molecule has 0 aliphatic rings. The van der Waals surface area contributed by atoms with Crippen LogP contribution in [0.4, 0.5) is 0 Å². The molecule has 6 heteroatoms. The molecule has 6 nitrogen and oxygen atoms in total. The van der Waals surface area contributed by atoms with Crippen LogP contribution in [-0.4, -0.2) is 27.6 Å². The summed E-state index contributed by atoms with van der Waals surface area (Å²) in [5.74, 6) is -1.41. The predicted octanol–water partition coefficient (Wildman–Crippen LogP) is 1.55. The zero-order valence-electron chi connectivity index (χ0n) is 13.5. The predicted molar refractivity (Wildman–Crippen MR) is 83.7 cm³/mol. The van der Waals surface area contributed by atoms with Gasteiger partial charge in [0.25, 0.3) is 5.56 Å². The van der Waals surface area contributed by atoms with Crippen molar-refractivity contribution in [3.05, 3.63) is 34.2 Å². The molecule has 122 valence electrons. The molecule has 0 aliphatic heterocycles. The van der Waals surface area contributed by atoms with Crippen LogP contribution < -0.4 is 10.9 Å². The Bertz CT molecular complexity index is 604. The second-order valence-electron chi connectivity index (χ2n) is 6.13. The van der Waals surface area contributed by atoms with Crippen LogP contribution >= 0.6 is 0 Å². The summed E-state index contributed by atoms with van der Waals surface area (Å²) < 4.78 is 1.52. The van der Waals surface area contributed by atoms with Crippen molar-refractivity contribution in [2.75, 3.05) is 0 Å². The van der Waals surface area contributed by atoms with E-state index < -0.39 is 17.4 Å². The highest BCUT2D eigenvalue weighted by molar-refractivity contribution is 5.86. The van der Waals surface area contributed by atoms with E-state index in [9.17, 15) is 14.4 Å². The Morgan fingerprint density at radius 2 is 2.00 bits per heavy atom. The molecule has 0 bridgehead atoms. The van der Waals surface area contributed by atoms with Crippen molar-refractivity contribution >= 4 is 11.9 Å². The Balaban J connectivity index is 2.91. The maximum Gasteiger partial charge on any atom is 0.326 e. The molecule has 0 aliphatic carbocycles. The van der Waals surface area contributed by atoms with Gasteiger partial charge < -0.3 is 15.0 Å². The number of rotatable bonds is 7. The molecule has 0 saturated heterocycles. The van der Waals surface area contributed by atoms with Crippen molar-refractivity contribution in [3.63, 3.8) is 0 Å². The molecule has 22 heavy (non-hydrogen) atoms. The summed E-state index contributed by atoms with van der Waals surface area (Å²) in [6.07, 6.45) is 1.04. The zero-order valence-corrected chi connectivity index (χ0v) is 13.5. The Hall–Kier alpha value is -2.11. The van der Waals surface area contributed by atoms with Gasteiger partial charge in [-0.3, -0.25) is 9.59 Å². The number of aryl methyl sites for hydroxylation is 1. The molecular weight excluding hydrogens is 284 g/mol. The molecule has 1 rings (SSSR count). The summed E-state index contributed by atoms with van der Waals surface area (Å²) in [7, 11) is 0. The van der Waals surface area contributed by atoms with E-state index in [1.165, 1.54) is 10.6 Å². The van der Waals surface area contributed by atoms with Gasteiger partial charge in [0, 0.05) is 18.3 Å². The average molecular weight is 308 g/mol. The van der Waals surface area contributed by atoms with Gasteiger partial charge >= 0.3 is 5.97 Å². The number of carboxylic acid groups (broad SMARTS) is 1. The van der Waals surface area contributed by atoms with Crippen molar-refractivity contribution in [1.29, 1.82) is 0 Å². The van der Waals surface area contributed by atoms with E-state index in [0.29, 0.717) is 12.8 Å². The lowest BCUT2D eigenvalue weighted by Gasteiger charge is -2.27. The van der Waals surface area contributed by atoms with E-state index in [1.54, 1.807) is 32.9 Å². The molecule has 0 saturated carbocycles. The number of aromatic nitrogens is 1. The number of pyridine rings is 1. The van der Waals surface area contributed by atoms with Crippen molar-refractivity contribution in [2.24, 2.45) is 5.41 Å². The Morgan fingerprint density at radius 3 is 2.50 bits per heavy atom. The second kappa shape index (κ2) is 7.24. The molecule has 1 unspecified atom stereocenters. The first-order chi connectivity index (χ1) is 10.2. The van der Waals surface area contributed by atoms with E-state index in [2.05, 4.69) is 5.32 Å². The number of aliphatic carboxylic acids is 1. The van der Waals surface area contributed by atoms with Crippen molar-refractivity contribution in [1.82, 2.24) is 9.88 Å². The molecule has 0 fully saturated rings. The normalized spacial score (nSPS) is 12.7. The third-order valence-electron chi connectivity index (χ3n) is 3.62. The number of nitrogens with zero attached hydrogens (tertiary/aromatic N) is 1. The molecule has 0 radical (unpaired) electrons. The fraction of sp³-hybridized carbons (Fsp3) is 0.562. The minimum Gasteiger partial charge on any atom is -0.480 e. The minimum absolute atomic E-state index is 0.177. The maximum atomic E-state index is 12.4. The van der Waals surface area contributed by atoms with Gasteiger partial charge in [-0.1, -0.05) is 19.4 Å². The van der Waals surface area contributed by atoms with Crippen molar-refractivity contribution in [2.45, 2.75) is 53.1 Å². The molecule has 1 aromatic heterocycles. The smallest absolute Gasteiger partial charge is 0.326 e. The third kappa shape index (κ3) is 4.44. The van der Waals surface area contributed by atoms with Gasteiger partial charge in [0.15, 0.2) is 0 Å². The summed E-state index contributed by atoms with van der Waals surface area (Å²) in [6, 6.07) is 4.01. The molecule has 2 N–H and O–H groups in total. The van der Waals surface area contributed by atoms with Gasteiger partial charge in [0.2, 0.25) is 5.91 Å². The largest absolute Gasteiger partial charge is 0.480 e. The first-order valence-corrected chi connectivity index (χ1v) is 7.39. The second-order valence-corrected chi connectivity index (χ2v) is 6.13. The van der Waals surface area contributed by atoms with Crippen LogP contribution in [0.15, 0.2) is 23.0 Å². The standard InChI is InChI=1S/C16H24N2O4/c1-5-7-12(14(20)21)17-15(22)16(3,4)10-18-11(2)8-6-9-13(18)19/h6,8-9,12H,5,7,10H2,1-4H3,(H,17,22)(H,20,21). The average Bonchev–Trinajstić information content (AvgIpc) is 2.42. The molecule has 0 spiro atoms. The molecule has 1 amide bonds. The van der Waals surface area contributed by atoms with E-state index >= 15 is 0 Å². The topological polar surface area (TPSA) is 88.4 Å².